The summed E-state index contributed by atoms with van der Waals surface area (Å²) >= 11 is 6.25. The Hall–Kier alpha value is -3.37. The van der Waals surface area contributed by atoms with E-state index in [2.05, 4.69) is 15.5 Å². The number of ether oxygens (including phenoxy) is 2. The van der Waals surface area contributed by atoms with Gasteiger partial charge in [-0.1, -0.05) is 11.6 Å². The Morgan fingerprint density at radius 2 is 1.88 bits per heavy atom. The van der Waals surface area contributed by atoms with Crippen LogP contribution >= 0.6 is 11.6 Å². The van der Waals surface area contributed by atoms with E-state index in [1.165, 1.54) is 13.1 Å². The fraction of sp³-hybridized carbons (Fsp3) is 0.261. The van der Waals surface area contributed by atoms with E-state index in [1.807, 2.05) is 13.0 Å². The highest BCUT2D eigenvalue weighted by Crippen LogP contribution is 2.25. The molecule has 2 aromatic carbocycles. The van der Waals surface area contributed by atoms with Crippen LogP contribution in [-0.4, -0.2) is 51.5 Å². The number of hydrazone groups is 1. The van der Waals surface area contributed by atoms with E-state index in [0.29, 0.717) is 34.9 Å². The Bertz CT molecular complexity index is 1310. The van der Waals surface area contributed by atoms with Crippen molar-refractivity contribution >= 4 is 50.3 Å². The fourth-order valence-corrected chi connectivity index (χ4v) is 4.65. The average molecular weight is 505 g/mol. The van der Waals surface area contributed by atoms with Gasteiger partial charge in [-0.15, -0.1) is 0 Å². The first kappa shape index (κ1) is 25.3. The zero-order valence-electron chi connectivity index (χ0n) is 19.1. The van der Waals surface area contributed by atoms with E-state index in [0.717, 1.165) is 15.9 Å². The molecule has 3 rings (SSSR count). The predicted molar refractivity (Wildman–Crippen MR) is 133 cm³/mol. The number of carbonyl (C=O) groups excluding carboxylic acids is 1. The van der Waals surface area contributed by atoms with Crippen LogP contribution in [0.2, 0.25) is 5.15 Å². The molecular formula is C23H25ClN4O5S. The van der Waals surface area contributed by atoms with E-state index in [1.54, 1.807) is 49.6 Å². The Balaban J connectivity index is 1.77. The molecule has 0 saturated heterocycles. The smallest absolute Gasteiger partial charge is 0.263 e. The number of amides is 1. The molecule has 180 valence electrons. The van der Waals surface area contributed by atoms with Crippen molar-refractivity contribution in [2.24, 2.45) is 5.10 Å². The zero-order chi connectivity index (χ0) is 24.9. The van der Waals surface area contributed by atoms with Crippen LogP contribution < -0.4 is 19.2 Å². The minimum atomic E-state index is -3.76. The first-order valence-corrected chi connectivity index (χ1v) is 12.6. The Labute approximate surface area is 203 Å². The molecule has 0 aliphatic heterocycles. The van der Waals surface area contributed by atoms with Gasteiger partial charge in [-0.25, -0.2) is 18.8 Å². The number of nitrogens with one attached hydrogen (secondary N) is 1. The van der Waals surface area contributed by atoms with Crippen LogP contribution in [0.5, 0.6) is 11.5 Å². The highest BCUT2D eigenvalue weighted by molar-refractivity contribution is 7.92. The third-order valence-electron chi connectivity index (χ3n) is 4.87. The van der Waals surface area contributed by atoms with E-state index in [4.69, 9.17) is 21.1 Å². The van der Waals surface area contributed by atoms with Gasteiger partial charge in [0, 0.05) is 17.0 Å². The summed E-state index contributed by atoms with van der Waals surface area (Å²) in [5.74, 6) is 0.632. The second kappa shape index (κ2) is 10.7. The molecule has 1 heterocycles. The summed E-state index contributed by atoms with van der Waals surface area (Å²) in [6.07, 6.45) is 2.39. The van der Waals surface area contributed by atoms with Crippen molar-refractivity contribution in [2.45, 2.75) is 19.9 Å². The molecule has 9 nitrogen and oxygen atoms in total. The lowest BCUT2D eigenvalue weighted by Gasteiger charge is -2.27. The highest BCUT2D eigenvalue weighted by Gasteiger charge is 2.29. The third kappa shape index (κ3) is 5.95. The number of methoxy groups -OCH3 is 1. The number of nitrogens with zero attached hydrogens (tertiary/aromatic N) is 3. The molecule has 1 amide bonds. The number of benzene rings is 2. The quantitative estimate of drug-likeness (QED) is 0.271. The number of pyridine rings is 1. The van der Waals surface area contributed by atoms with Gasteiger partial charge in [0.2, 0.25) is 10.0 Å². The fourth-order valence-electron chi connectivity index (χ4n) is 3.28. The molecule has 1 atom stereocenters. The predicted octanol–water partition coefficient (Wildman–Crippen LogP) is 3.60. The Kier molecular flexibility index (Phi) is 7.95. The Morgan fingerprint density at radius 3 is 2.50 bits per heavy atom. The van der Waals surface area contributed by atoms with Crippen LogP contribution in [0, 0.1) is 0 Å². The van der Waals surface area contributed by atoms with Gasteiger partial charge >= 0.3 is 0 Å². The van der Waals surface area contributed by atoms with Crippen LogP contribution in [0.4, 0.5) is 5.69 Å². The maximum atomic E-state index is 12.7. The monoisotopic (exact) mass is 504 g/mol. The number of anilines is 1. The zero-order valence-corrected chi connectivity index (χ0v) is 20.7. The van der Waals surface area contributed by atoms with Crippen molar-refractivity contribution in [1.82, 2.24) is 10.4 Å². The third-order valence-corrected chi connectivity index (χ3v) is 6.42. The van der Waals surface area contributed by atoms with Gasteiger partial charge in [0.15, 0.2) is 0 Å². The molecule has 34 heavy (non-hydrogen) atoms. The number of halogens is 1. The maximum absolute atomic E-state index is 12.7. The molecule has 0 aliphatic rings. The standard InChI is InChI=1S/C23H25ClN4O5S/c1-5-33-19-10-7-18(8-11-19)28(34(4,30)31)15(2)23(29)27-25-14-17-12-16-6-9-20(32-3)13-21(16)26-22(17)24/h6-15H,5H2,1-4H3,(H,27,29)/b25-14-/t15-/m0/s1. The van der Waals surface area contributed by atoms with E-state index in [-0.39, 0.29) is 5.15 Å². The first-order valence-electron chi connectivity index (χ1n) is 10.3. The normalized spacial score (nSPS) is 12.5. The van der Waals surface area contributed by atoms with Crippen molar-refractivity contribution in [1.29, 1.82) is 0 Å². The second-order valence-corrected chi connectivity index (χ2v) is 9.54. The molecule has 0 unspecified atom stereocenters. The second-order valence-electron chi connectivity index (χ2n) is 7.32. The summed E-state index contributed by atoms with van der Waals surface area (Å²) in [6.45, 7) is 3.80. The minimum absolute atomic E-state index is 0.193. The van der Waals surface area contributed by atoms with Crippen LogP contribution in [0.25, 0.3) is 10.9 Å². The van der Waals surface area contributed by atoms with Gasteiger partial charge in [-0.2, -0.15) is 5.10 Å². The lowest BCUT2D eigenvalue weighted by molar-refractivity contribution is -0.121. The Morgan fingerprint density at radius 1 is 1.21 bits per heavy atom. The molecule has 1 N–H and O–H groups in total. The summed E-state index contributed by atoms with van der Waals surface area (Å²) in [4.78, 5) is 17.0. The van der Waals surface area contributed by atoms with Crippen molar-refractivity contribution in [2.75, 3.05) is 24.3 Å². The summed E-state index contributed by atoms with van der Waals surface area (Å²) in [5, 5.41) is 4.95. The molecule has 0 bridgehead atoms. The van der Waals surface area contributed by atoms with Crippen LogP contribution in [0.1, 0.15) is 19.4 Å². The molecule has 11 heteroatoms. The summed E-state index contributed by atoms with van der Waals surface area (Å²) in [6, 6.07) is 12.5. The van der Waals surface area contributed by atoms with Crippen LogP contribution in [-0.2, 0) is 14.8 Å². The summed E-state index contributed by atoms with van der Waals surface area (Å²) in [7, 11) is -2.20. The molecule has 3 aromatic rings. The van der Waals surface area contributed by atoms with Gasteiger partial charge in [-0.05, 0) is 56.3 Å². The van der Waals surface area contributed by atoms with Crippen molar-refractivity contribution < 1.29 is 22.7 Å². The number of hydrogen-bond donors (Lipinski definition) is 1. The molecule has 0 radical (unpaired) electrons. The molecule has 0 aliphatic carbocycles. The minimum Gasteiger partial charge on any atom is -0.497 e. The number of rotatable bonds is 9. The van der Waals surface area contributed by atoms with Gasteiger partial charge in [0.05, 0.1) is 37.4 Å². The molecule has 0 saturated carbocycles. The molecule has 1 aromatic heterocycles. The SMILES string of the molecule is CCOc1ccc(N([C@@H](C)C(=O)N/N=C\c2cc3ccc(OC)cc3nc2Cl)S(C)(=O)=O)cc1. The van der Waals surface area contributed by atoms with Crippen LogP contribution in [0.15, 0.2) is 53.6 Å². The number of aromatic nitrogens is 1. The average Bonchev–Trinajstić information content (AvgIpc) is 2.79. The molecule has 0 spiro atoms. The first-order chi connectivity index (χ1) is 16.1. The van der Waals surface area contributed by atoms with Gasteiger partial charge in [-0.3, -0.25) is 9.10 Å². The van der Waals surface area contributed by atoms with E-state index in [9.17, 15) is 13.2 Å². The number of carbonyl (C=O) groups is 1. The highest BCUT2D eigenvalue weighted by atomic mass is 35.5. The van der Waals surface area contributed by atoms with E-state index < -0.39 is 22.0 Å². The van der Waals surface area contributed by atoms with Gasteiger partial charge < -0.3 is 9.47 Å². The summed E-state index contributed by atoms with van der Waals surface area (Å²) < 4.78 is 36.5. The van der Waals surface area contributed by atoms with Crippen molar-refractivity contribution in [3.8, 4) is 11.5 Å². The number of sulfonamides is 1. The maximum Gasteiger partial charge on any atom is 0.263 e. The van der Waals surface area contributed by atoms with Gasteiger partial charge in [0.25, 0.3) is 5.91 Å². The number of hydrogen-bond acceptors (Lipinski definition) is 7. The topological polar surface area (TPSA) is 110 Å². The summed E-state index contributed by atoms with van der Waals surface area (Å²) in [5.41, 5.74) is 3.84. The lowest BCUT2D eigenvalue weighted by Crippen LogP contribution is -2.46. The van der Waals surface area contributed by atoms with Gasteiger partial charge in [0.1, 0.15) is 22.7 Å². The number of fused-ring (bicyclic) bond motifs is 1. The lowest BCUT2D eigenvalue weighted by atomic mass is 10.1. The largest absolute Gasteiger partial charge is 0.497 e. The van der Waals surface area contributed by atoms with Crippen LogP contribution in [0.3, 0.4) is 0 Å². The van der Waals surface area contributed by atoms with Crippen molar-refractivity contribution in [3.05, 3.63) is 59.2 Å². The van der Waals surface area contributed by atoms with E-state index >= 15 is 0 Å². The molecule has 0 fully saturated rings. The molecular weight excluding hydrogens is 480 g/mol. The van der Waals surface area contributed by atoms with Crippen molar-refractivity contribution in [3.63, 3.8) is 0 Å².